The molecule has 0 saturated carbocycles. The largest absolute Gasteiger partial charge is 0.463 e. The number of nitrogens with zero attached hydrogens (tertiary/aromatic N) is 1. The molecule has 1 atom stereocenters. The third kappa shape index (κ3) is 3.45. The SMILES string of the molecule is Cc1ccc(C(C)(O)CNC(=O)Cc2ccn[nH]2)o1. The Labute approximate surface area is 110 Å². The van der Waals surface area contributed by atoms with E-state index in [0.717, 1.165) is 11.5 Å². The predicted molar refractivity (Wildman–Crippen MR) is 68.3 cm³/mol. The molecule has 0 bridgehead atoms. The highest BCUT2D eigenvalue weighted by Gasteiger charge is 2.27. The van der Waals surface area contributed by atoms with Crippen LogP contribution in [-0.2, 0) is 16.8 Å². The second kappa shape index (κ2) is 5.27. The number of furan rings is 1. The number of hydrogen-bond acceptors (Lipinski definition) is 4. The minimum atomic E-state index is -1.22. The number of carbonyl (C=O) groups is 1. The smallest absolute Gasteiger partial charge is 0.226 e. The van der Waals surface area contributed by atoms with Crippen LogP contribution in [0.4, 0.5) is 0 Å². The van der Waals surface area contributed by atoms with Gasteiger partial charge in [-0.05, 0) is 32.0 Å². The first-order valence-electron chi connectivity index (χ1n) is 6.01. The van der Waals surface area contributed by atoms with E-state index in [1.807, 2.05) is 0 Å². The Morgan fingerprint density at radius 1 is 1.53 bits per heavy atom. The van der Waals surface area contributed by atoms with Gasteiger partial charge in [0.25, 0.3) is 0 Å². The number of carbonyl (C=O) groups excluding carboxylic acids is 1. The zero-order valence-electron chi connectivity index (χ0n) is 10.9. The first-order valence-corrected chi connectivity index (χ1v) is 6.01. The number of hydrogen-bond donors (Lipinski definition) is 3. The molecule has 6 nitrogen and oxygen atoms in total. The summed E-state index contributed by atoms with van der Waals surface area (Å²) in [6.07, 6.45) is 1.79. The van der Waals surface area contributed by atoms with E-state index in [1.54, 1.807) is 38.2 Å². The highest BCUT2D eigenvalue weighted by molar-refractivity contribution is 5.78. The average Bonchev–Trinajstić information content (AvgIpc) is 2.98. The van der Waals surface area contributed by atoms with Gasteiger partial charge < -0.3 is 14.8 Å². The molecule has 0 aliphatic rings. The van der Waals surface area contributed by atoms with Gasteiger partial charge in [-0.15, -0.1) is 0 Å². The molecule has 102 valence electrons. The number of amides is 1. The van der Waals surface area contributed by atoms with Crippen LogP contribution >= 0.6 is 0 Å². The number of aromatic amines is 1. The molecule has 2 aromatic heterocycles. The lowest BCUT2D eigenvalue weighted by molar-refractivity contribution is -0.121. The Kier molecular flexibility index (Phi) is 3.71. The fourth-order valence-corrected chi connectivity index (χ4v) is 1.70. The molecule has 0 spiro atoms. The molecule has 2 aromatic rings. The summed E-state index contributed by atoms with van der Waals surface area (Å²) >= 11 is 0. The highest BCUT2D eigenvalue weighted by Crippen LogP contribution is 2.21. The second-order valence-corrected chi connectivity index (χ2v) is 4.72. The van der Waals surface area contributed by atoms with Crippen molar-refractivity contribution in [3.8, 4) is 0 Å². The van der Waals surface area contributed by atoms with Gasteiger partial charge in [-0.1, -0.05) is 0 Å². The molecule has 2 rings (SSSR count). The molecule has 1 unspecified atom stereocenters. The molecule has 0 aromatic carbocycles. The van der Waals surface area contributed by atoms with Crippen LogP contribution in [0.15, 0.2) is 28.8 Å². The maximum absolute atomic E-state index is 11.7. The van der Waals surface area contributed by atoms with Gasteiger partial charge in [0, 0.05) is 11.9 Å². The summed E-state index contributed by atoms with van der Waals surface area (Å²) in [5.74, 6) is 0.971. The minimum absolute atomic E-state index is 0.0902. The maximum atomic E-state index is 11.7. The molecule has 0 radical (unpaired) electrons. The molecule has 0 saturated heterocycles. The van der Waals surface area contributed by atoms with Crippen molar-refractivity contribution in [2.45, 2.75) is 25.9 Å². The fraction of sp³-hybridized carbons (Fsp3) is 0.385. The lowest BCUT2D eigenvalue weighted by Gasteiger charge is -2.21. The molecule has 6 heteroatoms. The molecular formula is C13H17N3O3. The Bertz CT molecular complexity index is 543. The number of rotatable bonds is 5. The summed E-state index contributed by atoms with van der Waals surface area (Å²) < 4.78 is 5.37. The normalized spacial score (nSPS) is 14.1. The zero-order valence-corrected chi connectivity index (χ0v) is 10.9. The van der Waals surface area contributed by atoms with Crippen molar-refractivity contribution in [2.24, 2.45) is 0 Å². The van der Waals surface area contributed by atoms with Crippen LogP contribution < -0.4 is 5.32 Å². The van der Waals surface area contributed by atoms with Gasteiger partial charge in [0.15, 0.2) is 0 Å². The van der Waals surface area contributed by atoms with Crippen molar-refractivity contribution < 1.29 is 14.3 Å². The summed E-state index contributed by atoms with van der Waals surface area (Å²) in [5, 5.41) is 19.4. The summed E-state index contributed by atoms with van der Waals surface area (Å²) in [5.41, 5.74) is -0.497. The van der Waals surface area contributed by atoms with Crippen molar-refractivity contribution in [1.29, 1.82) is 0 Å². The van der Waals surface area contributed by atoms with E-state index in [9.17, 15) is 9.90 Å². The minimum Gasteiger partial charge on any atom is -0.463 e. The van der Waals surface area contributed by atoms with Crippen molar-refractivity contribution in [3.05, 3.63) is 41.6 Å². The summed E-state index contributed by atoms with van der Waals surface area (Å²) in [6.45, 7) is 3.49. The molecule has 19 heavy (non-hydrogen) atoms. The predicted octanol–water partition coefficient (Wildman–Crippen LogP) is 0.878. The van der Waals surface area contributed by atoms with Crippen LogP contribution in [0.5, 0.6) is 0 Å². The Morgan fingerprint density at radius 2 is 2.32 bits per heavy atom. The Morgan fingerprint density at radius 3 is 2.89 bits per heavy atom. The molecule has 0 fully saturated rings. The third-order valence-corrected chi connectivity index (χ3v) is 2.81. The van der Waals surface area contributed by atoms with E-state index in [1.165, 1.54) is 0 Å². The van der Waals surface area contributed by atoms with Crippen LogP contribution in [0.25, 0.3) is 0 Å². The van der Waals surface area contributed by atoms with Crippen molar-refractivity contribution >= 4 is 5.91 Å². The lowest BCUT2D eigenvalue weighted by Crippen LogP contribution is -2.39. The van der Waals surface area contributed by atoms with E-state index < -0.39 is 5.60 Å². The number of aryl methyl sites for hydroxylation is 1. The van der Waals surface area contributed by atoms with Crippen LogP contribution in [0.1, 0.15) is 24.1 Å². The van der Waals surface area contributed by atoms with Gasteiger partial charge in [-0.25, -0.2) is 0 Å². The number of nitrogens with one attached hydrogen (secondary N) is 2. The third-order valence-electron chi connectivity index (χ3n) is 2.81. The van der Waals surface area contributed by atoms with Crippen LogP contribution in [0.3, 0.4) is 0 Å². The van der Waals surface area contributed by atoms with Crippen LogP contribution in [0, 0.1) is 6.92 Å². The molecule has 0 aliphatic heterocycles. The molecule has 0 aliphatic carbocycles. The number of aliphatic hydroxyl groups is 1. The van der Waals surface area contributed by atoms with Gasteiger partial charge in [-0.3, -0.25) is 9.89 Å². The topological polar surface area (TPSA) is 91.1 Å². The van der Waals surface area contributed by atoms with Crippen LogP contribution in [0.2, 0.25) is 0 Å². The Balaban J connectivity index is 1.89. The van der Waals surface area contributed by atoms with Gasteiger partial charge in [-0.2, -0.15) is 5.10 Å². The number of aromatic nitrogens is 2. The average molecular weight is 263 g/mol. The van der Waals surface area contributed by atoms with E-state index in [2.05, 4.69) is 15.5 Å². The number of H-pyrrole nitrogens is 1. The van der Waals surface area contributed by atoms with E-state index in [4.69, 9.17) is 4.42 Å². The van der Waals surface area contributed by atoms with Crippen molar-refractivity contribution in [2.75, 3.05) is 6.54 Å². The standard InChI is InChI=1S/C13H17N3O3/c1-9-3-4-11(19-9)13(2,18)8-14-12(17)7-10-5-6-15-16-10/h3-6,18H,7-8H2,1-2H3,(H,14,17)(H,15,16). The van der Waals surface area contributed by atoms with E-state index in [-0.39, 0.29) is 18.9 Å². The molecule has 1 amide bonds. The first-order chi connectivity index (χ1) is 8.97. The Hall–Kier alpha value is -2.08. The van der Waals surface area contributed by atoms with Gasteiger partial charge in [0.2, 0.25) is 5.91 Å². The summed E-state index contributed by atoms with van der Waals surface area (Å²) in [4.78, 5) is 11.7. The van der Waals surface area contributed by atoms with Gasteiger partial charge in [0.05, 0.1) is 13.0 Å². The van der Waals surface area contributed by atoms with Crippen molar-refractivity contribution in [3.63, 3.8) is 0 Å². The molecule has 3 N–H and O–H groups in total. The van der Waals surface area contributed by atoms with Gasteiger partial charge >= 0.3 is 0 Å². The monoisotopic (exact) mass is 263 g/mol. The van der Waals surface area contributed by atoms with E-state index >= 15 is 0 Å². The maximum Gasteiger partial charge on any atom is 0.226 e. The summed E-state index contributed by atoms with van der Waals surface area (Å²) in [6, 6.07) is 5.21. The summed E-state index contributed by atoms with van der Waals surface area (Å²) in [7, 11) is 0. The quantitative estimate of drug-likeness (QED) is 0.746. The van der Waals surface area contributed by atoms with E-state index in [0.29, 0.717) is 5.76 Å². The second-order valence-electron chi connectivity index (χ2n) is 4.72. The lowest BCUT2D eigenvalue weighted by atomic mass is 10.0. The fourth-order valence-electron chi connectivity index (χ4n) is 1.70. The zero-order chi connectivity index (χ0) is 13.9. The van der Waals surface area contributed by atoms with Crippen LogP contribution in [-0.4, -0.2) is 27.8 Å². The first kappa shape index (κ1) is 13.4. The molecule has 2 heterocycles. The van der Waals surface area contributed by atoms with Gasteiger partial charge in [0.1, 0.15) is 17.1 Å². The highest BCUT2D eigenvalue weighted by atomic mass is 16.4. The van der Waals surface area contributed by atoms with Crippen molar-refractivity contribution in [1.82, 2.24) is 15.5 Å². The molecular weight excluding hydrogens is 246 g/mol.